The molecule has 0 aliphatic rings. The zero-order valence-electron chi connectivity index (χ0n) is 14.9. The number of benzene rings is 1. The Bertz CT molecular complexity index is 1080. The van der Waals surface area contributed by atoms with Gasteiger partial charge in [0.1, 0.15) is 0 Å². The van der Waals surface area contributed by atoms with Gasteiger partial charge < -0.3 is 5.32 Å². The van der Waals surface area contributed by atoms with Crippen molar-refractivity contribution in [2.45, 2.75) is 32.9 Å². The molecule has 8 heteroatoms. The summed E-state index contributed by atoms with van der Waals surface area (Å²) in [5.74, 6) is -0.207. The summed E-state index contributed by atoms with van der Waals surface area (Å²) in [7, 11) is 1.84. The second kappa shape index (κ2) is 6.99. The first-order chi connectivity index (χ1) is 12.4. The van der Waals surface area contributed by atoms with Crippen molar-refractivity contribution in [3.05, 3.63) is 62.4 Å². The summed E-state index contributed by atoms with van der Waals surface area (Å²) in [5.41, 5.74) is 1.26. The number of nitrogens with one attached hydrogen (secondary N) is 2. The summed E-state index contributed by atoms with van der Waals surface area (Å²) in [6.07, 6.45) is 1.81. The van der Waals surface area contributed by atoms with Crippen molar-refractivity contribution in [1.29, 1.82) is 0 Å². The molecule has 0 saturated carbocycles. The Balaban J connectivity index is 1.71. The van der Waals surface area contributed by atoms with Crippen LogP contribution in [-0.2, 0) is 18.4 Å². The molecule has 26 heavy (non-hydrogen) atoms. The fraction of sp³-hybridized carbons (Fsp3) is 0.333. The van der Waals surface area contributed by atoms with Gasteiger partial charge in [0.25, 0.3) is 11.1 Å². The molecule has 0 bridgehead atoms. The minimum atomic E-state index is -0.347. The second-order valence-corrected chi connectivity index (χ2v) is 6.29. The van der Waals surface area contributed by atoms with E-state index in [9.17, 15) is 14.4 Å². The molecule has 0 aliphatic carbocycles. The highest BCUT2D eigenvalue weighted by atomic mass is 16.2. The highest BCUT2D eigenvalue weighted by Crippen LogP contribution is 2.15. The largest absolute Gasteiger partial charge is 0.349 e. The van der Waals surface area contributed by atoms with Crippen LogP contribution < -0.4 is 16.4 Å². The van der Waals surface area contributed by atoms with Crippen molar-refractivity contribution in [3.63, 3.8) is 0 Å². The molecule has 0 fully saturated rings. The molecular formula is C18H21N5O3. The van der Waals surface area contributed by atoms with Gasteiger partial charge in [-0.2, -0.15) is 5.10 Å². The number of nitrogens with zero attached hydrogens (tertiary/aromatic N) is 3. The molecule has 2 heterocycles. The lowest BCUT2D eigenvalue weighted by Gasteiger charge is -2.14. The number of amides is 1. The summed E-state index contributed by atoms with van der Waals surface area (Å²) in [4.78, 5) is 36.7. The molecule has 3 aromatic rings. The van der Waals surface area contributed by atoms with Gasteiger partial charge in [-0.15, -0.1) is 0 Å². The molecule has 2 aromatic heterocycles. The lowest BCUT2D eigenvalue weighted by atomic mass is 10.1. The van der Waals surface area contributed by atoms with Crippen molar-refractivity contribution < 1.29 is 4.79 Å². The minimum Gasteiger partial charge on any atom is -0.349 e. The first-order valence-electron chi connectivity index (χ1n) is 8.38. The number of carbonyl (C=O) groups excluding carboxylic acids is 1. The van der Waals surface area contributed by atoms with Crippen LogP contribution in [0.3, 0.4) is 0 Å². The van der Waals surface area contributed by atoms with Crippen LogP contribution in [0.1, 0.15) is 30.6 Å². The lowest BCUT2D eigenvalue weighted by molar-refractivity contribution is -0.122. The number of hydrogen-bond donors (Lipinski definition) is 2. The van der Waals surface area contributed by atoms with E-state index in [0.29, 0.717) is 10.8 Å². The van der Waals surface area contributed by atoms with Gasteiger partial charge in [-0.05, 0) is 26.0 Å². The van der Waals surface area contributed by atoms with E-state index >= 15 is 0 Å². The van der Waals surface area contributed by atoms with Crippen molar-refractivity contribution in [2.24, 2.45) is 7.05 Å². The fourth-order valence-corrected chi connectivity index (χ4v) is 2.95. The zero-order valence-corrected chi connectivity index (χ0v) is 14.9. The predicted octanol–water partition coefficient (Wildman–Crippen LogP) is 0.999. The minimum absolute atomic E-state index is 0.0812. The van der Waals surface area contributed by atoms with Crippen molar-refractivity contribution in [2.75, 3.05) is 0 Å². The Morgan fingerprint density at radius 1 is 1.27 bits per heavy atom. The van der Waals surface area contributed by atoms with E-state index in [1.165, 1.54) is 4.68 Å². The molecule has 136 valence electrons. The van der Waals surface area contributed by atoms with Crippen molar-refractivity contribution >= 4 is 16.7 Å². The molecule has 0 radical (unpaired) electrons. The Hall–Kier alpha value is -3.16. The highest BCUT2D eigenvalue weighted by molar-refractivity contribution is 5.80. The Labute approximate surface area is 149 Å². The van der Waals surface area contributed by atoms with Crippen LogP contribution >= 0.6 is 0 Å². The number of aryl methyl sites for hydroxylation is 2. The monoisotopic (exact) mass is 355 g/mol. The Morgan fingerprint density at radius 3 is 2.62 bits per heavy atom. The van der Waals surface area contributed by atoms with E-state index in [0.717, 1.165) is 11.3 Å². The average Bonchev–Trinajstić information content (AvgIpc) is 2.96. The smallest absolute Gasteiger partial charge is 0.273 e. The third-order valence-electron chi connectivity index (χ3n) is 4.56. The van der Waals surface area contributed by atoms with E-state index in [2.05, 4.69) is 15.5 Å². The third-order valence-corrected chi connectivity index (χ3v) is 4.56. The maximum absolute atomic E-state index is 12.4. The standard InChI is InChI=1S/C18H21N5O3/c1-11(15-10-19-22(3)12(15)2)20-16(24)8-9-23-18(26)14-7-5-4-6-13(14)17(25)21-23/h4-7,10-11H,8-9H2,1-3H3,(H,20,24)(H,21,25)/t11-/m0/s1. The van der Waals surface area contributed by atoms with Gasteiger partial charge >= 0.3 is 0 Å². The van der Waals surface area contributed by atoms with E-state index in [4.69, 9.17) is 0 Å². The predicted molar refractivity (Wildman–Crippen MR) is 97.9 cm³/mol. The van der Waals surface area contributed by atoms with E-state index in [1.54, 1.807) is 35.1 Å². The number of H-pyrrole nitrogens is 1. The van der Waals surface area contributed by atoms with Crippen LogP contribution in [-0.4, -0.2) is 25.5 Å². The molecule has 1 amide bonds. The van der Waals surface area contributed by atoms with Crippen LogP contribution in [0.15, 0.2) is 40.1 Å². The molecule has 2 N–H and O–H groups in total. The van der Waals surface area contributed by atoms with Crippen LogP contribution in [0.5, 0.6) is 0 Å². The number of carbonyl (C=O) groups is 1. The maximum Gasteiger partial charge on any atom is 0.273 e. The van der Waals surface area contributed by atoms with E-state index in [1.807, 2.05) is 20.9 Å². The van der Waals surface area contributed by atoms with E-state index in [-0.39, 0.29) is 36.0 Å². The topological polar surface area (TPSA) is 102 Å². The van der Waals surface area contributed by atoms with E-state index < -0.39 is 0 Å². The van der Waals surface area contributed by atoms with Gasteiger partial charge in [-0.25, -0.2) is 4.68 Å². The van der Waals surface area contributed by atoms with Crippen LogP contribution in [0.4, 0.5) is 0 Å². The number of aromatic amines is 1. The van der Waals surface area contributed by atoms with Crippen molar-refractivity contribution in [1.82, 2.24) is 24.9 Å². The molecular weight excluding hydrogens is 334 g/mol. The average molecular weight is 355 g/mol. The van der Waals surface area contributed by atoms with Gasteiger partial charge in [0.2, 0.25) is 5.91 Å². The summed E-state index contributed by atoms with van der Waals surface area (Å²) in [6.45, 7) is 3.92. The molecule has 8 nitrogen and oxygen atoms in total. The summed E-state index contributed by atoms with van der Waals surface area (Å²) in [6, 6.07) is 6.43. The summed E-state index contributed by atoms with van der Waals surface area (Å²) < 4.78 is 2.93. The molecule has 0 spiro atoms. The highest BCUT2D eigenvalue weighted by Gasteiger charge is 2.15. The van der Waals surface area contributed by atoms with Crippen LogP contribution in [0.25, 0.3) is 10.8 Å². The molecule has 0 saturated heterocycles. The van der Waals surface area contributed by atoms with Crippen molar-refractivity contribution in [3.8, 4) is 0 Å². The van der Waals surface area contributed by atoms with Gasteiger partial charge in [-0.3, -0.25) is 24.2 Å². The molecule has 3 rings (SSSR count). The van der Waals surface area contributed by atoms with Gasteiger partial charge in [0, 0.05) is 24.7 Å². The Morgan fingerprint density at radius 2 is 1.96 bits per heavy atom. The van der Waals surface area contributed by atoms with Gasteiger partial charge in [0.15, 0.2) is 0 Å². The SMILES string of the molecule is Cc1c([C@H](C)NC(=O)CCn2[nH]c(=O)c3ccccc3c2=O)cnn1C. The fourth-order valence-electron chi connectivity index (χ4n) is 2.95. The number of rotatable bonds is 5. The summed E-state index contributed by atoms with van der Waals surface area (Å²) >= 11 is 0. The van der Waals surface area contributed by atoms with Gasteiger partial charge in [-0.1, -0.05) is 12.1 Å². The van der Waals surface area contributed by atoms with Crippen LogP contribution in [0, 0.1) is 6.92 Å². The third kappa shape index (κ3) is 3.30. The molecule has 1 aromatic carbocycles. The molecule has 1 atom stereocenters. The normalized spacial score (nSPS) is 12.3. The van der Waals surface area contributed by atoms with Gasteiger partial charge in [0.05, 0.1) is 29.6 Å². The first kappa shape index (κ1) is 17.7. The zero-order chi connectivity index (χ0) is 18.8. The summed E-state index contributed by atoms with van der Waals surface area (Å²) in [5, 5.41) is 10.3. The lowest BCUT2D eigenvalue weighted by Crippen LogP contribution is -2.33. The number of hydrogen-bond acceptors (Lipinski definition) is 4. The number of aromatic nitrogens is 4. The second-order valence-electron chi connectivity index (χ2n) is 6.29. The first-order valence-corrected chi connectivity index (χ1v) is 8.38. The quantitative estimate of drug-likeness (QED) is 0.713. The molecule has 0 unspecified atom stereocenters. The van der Waals surface area contributed by atoms with Crippen LogP contribution in [0.2, 0.25) is 0 Å². The molecule has 0 aliphatic heterocycles. The maximum atomic E-state index is 12.4. The number of fused-ring (bicyclic) bond motifs is 1. The Kier molecular flexibility index (Phi) is 4.75.